The van der Waals surface area contributed by atoms with E-state index in [9.17, 15) is 17.6 Å². The Kier molecular flexibility index (Phi) is 6.80. The van der Waals surface area contributed by atoms with Gasteiger partial charge in [-0.1, -0.05) is 11.6 Å². The highest BCUT2D eigenvalue weighted by Gasteiger charge is 2.24. The maximum atomic E-state index is 13.0. The number of hydrogen-bond donors (Lipinski definition) is 0. The average molecular weight is 415 g/mol. The van der Waals surface area contributed by atoms with Gasteiger partial charge >= 0.3 is 0 Å². The van der Waals surface area contributed by atoms with Crippen LogP contribution in [0.15, 0.2) is 47.4 Å². The molecule has 27 heavy (non-hydrogen) atoms. The smallest absolute Gasteiger partial charge is 0.243 e. The van der Waals surface area contributed by atoms with Crippen molar-refractivity contribution in [1.29, 1.82) is 0 Å². The van der Waals surface area contributed by atoms with Crippen molar-refractivity contribution in [2.24, 2.45) is 0 Å². The van der Waals surface area contributed by atoms with Crippen LogP contribution in [0.1, 0.15) is 5.56 Å². The summed E-state index contributed by atoms with van der Waals surface area (Å²) in [6, 6.07) is 9.48. The van der Waals surface area contributed by atoms with E-state index in [-0.39, 0.29) is 18.0 Å². The first-order chi connectivity index (χ1) is 12.6. The van der Waals surface area contributed by atoms with E-state index in [1.54, 1.807) is 25.2 Å². The Morgan fingerprint density at radius 1 is 1.15 bits per heavy atom. The summed E-state index contributed by atoms with van der Waals surface area (Å²) in [5, 5.41) is 0.502. The molecular weight excluding hydrogens is 395 g/mol. The van der Waals surface area contributed by atoms with Crippen LogP contribution in [-0.2, 0) is 21.4 Å². The minimum Gasteiger partial charge on any atom is -0.496 e. The van der Waals surface area contributed by atoms with E-state index in [1.807, 2.05) is 0 Å². The number of rotatable bonds is 7. The van der Waals surface area contributed by atoms with Crippen LogP contribution in [0, 0.1) is 5.82 Å². The summed E-state index contributed by atoms with van der Waals surface area (Å²) in [7, 11) is 0.461. The second kappa shape index (κ2) is 8.69. The van der Waals surface area contributed by atoms with Crippen molar-refractivity contribution < 1.29 is 22.3 Å². The lowest BCUT2D eigenvalue weighted by Gasteiger charge is -2.22. The molecule has 0 radical (unpaired) electrons. The largest absolute Gasteiger partial charge is 0.496 e. The van der Waals surface area contributed by atoms with E-state index in [1.165, 1.54) is 19.1 Å². The molecule has 146 valence electrons. The average Bonchev–Trinajstić information content (AvgIpc) is 2.62. The fourth-order valence-electron chi connectivity index (χ4n) is 2.40. The molecule has 0 atom stereocenters. The molecule has 0 N–H and O–H groups in total. The normalized spacial score (nSPS) is 11.5. The van der Waals surface area contributed by atoms with Gasteiger partial charge in [0.25, 0.3) is 0 Å². The maximum absolute atomic E-state index is 13.0. The molecule has 0 spiro atoms. The summed E-state index contributed by atoms with van der Waals surface area (Å²) in [4.78, 5) is 13.8. The molecule has 0 bridgehead atoms. The van der Waals surface area contributed by atoms with Crippen molar-refractivity contribution >= 4 is 27.5 Å². The van der Waals surface area contributed by atoms with Gasteiger partial charge in [0, 0.05) is 31.2 Å². The molecule has 0 saturated carbocycles. The van der Waals surface area contributed by atoms with Gasteiger partial charge in [0.2, 0.25) is 15.9 Å². The van der Waals surface area contributed by atoms with Crippen LogP contribution in [0.2, 0.25) is 5.02 Å². The number of amides is 1. The Morgan fingerprint density at radius 3 is 2.37 bits per heavy atom. The van der Waals surface area contributed by atoms with E-state index >= 15 is 0 Å². The van der Waals surface area contributed by atoms with Crippen molar-refractivity contribution in [2.75, 3.05) is 27.7 Å². The topological polar surface area (TPSA) is 66.9 Å². The van der Waals surface area contributed by atoms with Crippen LogP contribution in [0.5, 0.6) is 5.75 Å². The molecule has 0 fully saturated rings. The van der Waals surface area contributed by atoms with Crippen LogP contribution < -0.4 is 4.74 Å². The van der Waals surface area contributed by atoms with E-state index in [0.29, 0.717) is 16.3 Å². The molecule has 2 aromatic rings. The molecule has 2 aromatic carbocycles. The zero-order valence-corrected chi connectivity index (χ0v) is 16.7. The zero-order chi connectivity index (χ0) is 20.2. The quantitative estimate of drug-likeness (QED) is 0.698. The second-order valence-corrected chi connectivity index (χ2v) is 8.40. The molecule has 1 amide bonds. The highest BCUT2D eigenvalue weighted by atomic mass is 35.5. The number of carbonyl (C=O) groups is 1. The summed E-state index contributed by atoms with van der Waals surface area (Å²) >= 11 is 5.99. The number of benzene rings is 2. The highest BCUT2D eigenvalue weighted by molar-refractivity contribution is 7.89. The summed E-state index contributed by atoms with van der Waals surface area (Å²) < 4.78 is 44.2. The summed E-state index contributed by atoms with van der Waals surface area (Å²) in [6.07, 6.45) is 0. The Hall–Kier alpha value is -2.16. The zero-order valence-electron chi connectivity index (χ0n) is 15.1. The fourth-order valence-corrected chi connectivity index (χ4v) is 3.71. The van der Waals surface area contributed by atoms with Gasteiger partial charge in [-0.2, -0.15) is 4.31 Å². The minimum atomic E-state index is -3.90. The van der Waals surface area contributed by atoms with E-state index < -0.39 is 21.7 Å². The van der Waals surface area contributed by atoms with Crippen LogP contribution in [0.3, 0.4) is 0 Å². The van der Waals surface area contributed by atoms with Crippen molar-refractivity contribution in [3.8, 4) is 5.75 Å². The van der Waals surface area contributed by atoms with Crippen molar-refractivity contribution in [2.45, 2.75) is 11.4 Å². The monoisotopic (exact) mass is 414 g/mol. The van der Waals surface area contributed by atoms with Gasteiger partial charge in [-0.15, -0.1) is 0 Å². The van der Waals surface area contributed by atoms with Crippen molar-refractivity contribution in [3.63, 3.8) is 0 Å². The van der Waals surface area contributed by atoms with Crippen molar-refractivity contribution in [3.05, 3.63) is 58.9 Å². The first-order valence-corrected chi connectivity index (χ1v) is 9.75. The van der Waals surface area contributed by atoms with Gasteiger partial charge in [0.15, 0.2) is 0 Å². The predicted molar refractivity (Wildman–Crippen MR) is 101 cm³/mol. The lowest BCUT2D eigenvalue weighted by Crippen LogP contribution is -2.39. The molecule has 9 heteroatoms. The molecule has 0 aliphatic carbocycles. The van der Waals surface area contributed by atoms with Gasteiger partial charge in [-0.05, 0) is 42.5 Å². The van der Waals surface area contributed by atoms with Gasteiger partial charge in [0.05, 0.1) is 18.6 Å². The molecule has 0 aliphatic rings. The summed E-state index contributed by atoms with van der Waals surface area (Å²) in [6.45, 7) is -0.161. The first-order valence-electron chi connectivity index (χ1n) is 7.93. The minimum absolute atomic E-state index is 0.0848. The van der Waals surface area contributed by atoms with Crippen LogP contribution >= 0.6 is 11.6 Å². The summed E-state index contributed by atoms with van der Waals surface area (Å²) in [5.41, 5.74) is 0.699. The number of methoxy groups -OCH3 is 1. The van der Waals surface area contributed by atoms with Gasteiger partial charge < -0.3 is 9.64 Å². The van der Waals surface area contributed by atoms with Gasteiger partial charge in [-0.3, -0.25) is 4.79 Å². The third-order valence-corrected chi connectivity index (χ3v) is 6.01. The predicted octanol–water partition coefficient (Wildman–Crippen LogP) is 2.77. The molecule has 0 aromatic heterocycles. The fraction of sp³-hybridized carbons (Fsp3) is 0.278. The molecule has 0 unspecified atom stereocenters. The molecule has 6 nitrogen and oxygen atoms in total. The van der Waals surface area contributed by atoms with E-state index in [4.69, 9.17) is 16.3 Å². The molecular formula is C18H20ClFN2O4S. The van der Waals surface area contributed by atoms with E-state index in [0.717, 1.165) is 28.6 Å². The number of sulfonamides is 1. The van der Waals surface area contributed by atoms with E-state index in [2.05, 4.69) is 0 Å². The van der Waals surface area contributed by atoms with Crippen molar-refractivity contribution in [1.82, 2.24) is 9.21 Å². The SMILES string of the molecule is COc1ccc(Cl)cc1CN(C)C(=O)CN(C)S(=O)(=O)c1ccc(F)cc1. The van der Waals surface area contributed by atoms with Crippen LogP contribution in [0.25, 0.3) is 0 Å². The lowest BCUT2D eigenvalue weighted by molar-refractivity contribution is -0.130. The Balaban J connectivity index is 2.09. The van der Waals surface area contributed by atoms with Gasteiger partial charge in [-0.25, -0.2) is 12.8 Å². The van der Waals surface area contributed by atoms with Crippen LogP contribution in [0.4, 0.5) is 4.39 Å². The maximum Gasteiger partial charge on any atom is 0.243 e. The second-order valence-electron chi connectivity index (χ2n) is 5.92. The highest BCUT2D eigenvalue weighted by Crippen LogP contribution is 2.24. The number of halogens is 2. The molecule has 2 rings (SSSR count). The molecule has 0 saturated heterocycles. The third-order valence-electron chi connectivity index (χ3n) is 3.96. The molecule has 0 heterocycles. The first kappa shape index (κ1) is 21.1. The number of carbonyl (C=O) groups excluding carboxylic acids is 1. The number of ether oxygens (including phenoxy) is 1. The Bertz CT molecular complexity index is 919. The third kappa shape index (κ3) is 5.18. The Morgan fingerprint density at radius 2 is 1.78 bits per heavy atom. The Labute approximate surface area is 163 Å². The standard InChI is InChI=1S/C18H20ClFN2O4S/c1-21(11-13-10-14(19)4-9-17(13)26-3)18(23)12-22(2)27(24,25)16-7-5-15(20)6-8-16/h4-10H,11-12H2,1-3H3. The number of hydrogen-bond acceptors (Lipinski definition) is 4. The molecule has 0 aliphatic heterocycles. The summed E-state index contributed by atoms with van der Waals surface area (Å²) in [5.74, 6) is -0.376. The lowest BCUT2D eigenvalue weighted by atomic mass is 10.2. The number of nitrogens with zero attached hydrogens (tertiary/aromatic N) is 2. The van der Waals surface area contributed by atoms with Gasteiger partial charge in [0.1, 0.15) is 11.6 Å². The van der Waals surface area contributed by atoms with Crippen LogP contribution in [-0.4, -0.2) is 51.3 Å². The number of likely N-dealkylation sites (N-methyl/N-ethyl adjacent to an activating group) is 2.